The average molecular weight is 257 g/mol. The van der Waals surface area contributed by atoms with E-state index < -0.39 is 9.84 Å². The lowest BCUT2D eigenvalue weighted by molar-refractivity contribution is 0.172. The highest BCUT2D eigenvalue weighted by atomic mass is 32.2. The summed E-state index contributed by atoms with van der Waals surface area (Å²) in [7, 11) is -3.33. The molecule has 0 aliphatic carbocycles. The number of benzene rings is 1. The van der Waals surface area contributed by atoms with Crippen molar-refractivity contribution in [3.05, 3.63) is 17.7 Å². The second kappa shape index (κ2) is 4.54. The lowest BCUT2D eigenvalue weighted by atomic mass is 10.1. The quantitative estimate of drug-likeness (QED) is 0.859. The summed E-state index contributed by atoms with van der Waals surface area (Å²) >= 11 is 0. The minimum atomic E-state index is -3.33. The molecule has 1 heterocycles. The predicted molar refractivity (Wildman–Crippen MR) is 63.1 cm³/mol. The molecule has 2 N–H and O–H groups in total. The third-order valence-electron chi connectivity index (χ3n) is 2.60. The molecule has 1 aliphatic heterocycles. The smallest absolute Gasteiger partial charge is 0.231 e. The van der Waals surface area contributed by atoms with Crippen molar-refractivity contribution in [1.29, 1.82) is 0 Å². The molecule has 2 rings (SSSR count). The third-order valence-corrected chi connectivity index (χ3v) is 3.79. The highest BCUT2D eigenvalue weighted by molar-refractivity contribution is 7.90. The Balaban J connectivity index is 2.53. The number of nitrogens with two attached hydrogens (primary N) is 1. The van der Waals surface area contributed by atoms with Gasteiger partial charge in [0.2, 0.25) is 6.79 Å². The zero-order valence-corrected chi connectivity index (χ0v) is 10.4. The van der Waals surface area contributed by atoms with Gasteiger partial charge in [-0.25, -0.2) is 8.42 Å². The normalized spacial score (nSPS) is 14.0. The van der Waals surface area contributed by atoms with Gasteiger partial charge in [-0.2, -0.15) is 0 Å². The number of hydrogen-bond donors (Lipinski definition) is 1. The molecule has 0 amide bonds. The molecular weight excluding hydrogens is 242 g/mol. The second-order valence-electron chi connectivity index (χ2n) is 3.95. The van der Waals surface area contributed by atoms with Gasteiger partial charge in [-0.05, 0) is 31.0 Å². The number of aryl methyl sites for hydroxylation is 1. The molecular formula is C11H15NO4S. The van der Waals surface area contributed by atoms with Crippen LogP contribution in [0.2, 0.25) is 0 Å². The van der Waals surface area contributed by atoms with Crippen molar-refractivity contribution in [3.8, 4) is 11.5 Å². The molecule has 94 valence electrons. The standard InChI is InChI=1S/C11H15NO4S/c1-17(13,14)11-8(3-2-6-12)4-5-9-10(11)16-7-15-9/h4-5H,2-3,6-7,12H2,1H3. The Hall–Kier alpha value is -1.27. The van der Waals surface area contributed by atoms with Gasteiger partial charge in [-0.15, -0.1) is 0 Å². The number of fused-ring (bicyclic) bond motifs is 1. The van der Waals surface area contributed by atoms with Crippen LogP contribution >= 0.6 is 0 Å². The average Bonchev–Trinajstić information content (AvgIpc) is 2.71. The molecule has 0 unspecified atom stereocenters. The third kappa shape index (κ3) is 2.37. The van der Waals surface area contributed by atoms with Gasteiger partial charge >= 0.3 is 0 Å². The molecule has 0 radical (unpaired) electrons. The van der Waals surface area contributed by atoms with E-state index in [-0.39, 0.29) is 11.7 Å². The molecule has 0 saturated heterocycles. The van der Waals surface area contributed by atoms with Gasteiger partial charge in [-0.1, -0.05) is 6.07 Å². The minimum Gasteiger partial charge on any atom is -0.454 e. The highest BCUT2D eigenvalue weighted by Crippen LogP contribution is 2.40. The van der Waals surface area contributed by atoms with Crippen LogP contribution in [0.1, 0.15) is 12.0 Å². The van der Waals surface area contributed by atoms with Gasteiger partial charge < -0.3 is 15.2 Å². The number of ether oxygens (including phenoxy) is 2. The van der Waals surface area contributed by atoms with Crippen LogP contribution in [0.25, 0.3) is 0 Å². The van der Waals surface area contributed by atoms with Crippen LogP contribution in [0.5, 0.6) is 11.5 Å². The van der Waals surface area contributed by atoms with E-state index in [1.54, 1.807) is 12.1 Å². The maximum Gasteiger partial charge on any atom is 0.231 e. The van der Waals surface area contributed by atoms with Gasteiger partial charge in [0.05, 0.1) is 0 Å². The molecule has 1 aromatic rings. The van der Waals surface area contributed by atoms with Crippen molar-refractivity contribution < 1.29 is 17.9 Å². The number of hydrogen-bond acceptors (Lipinski definition) is 5. The molecule has 0 aromatic heterocycles. The zero-order chi connectivity index (χ0) is 12.5. The Bertz CT molecular complexity index is 525. The second-order valence-corrected chi connectivity index (χ2v) is 5.90. The van der Waals surface area contributed by atoms with Gasteiger partial charge in [-0.3, -0.25) is 0 Å². The first-order chi connectivity index (χ1) is 8.04. The van der Waals surface area contributed by atoms with Gasteiger partial charge in [0.25, 0.3) is 0 Å². The van der Waals surface area contributed by atoms with Crippen molar-refractivity contribution in [3.63, 3.8) is 0 Å². The molecule has 0 spiro atoms. The van der Waals surface area contributed by atoms with Gasteiger partial charge in [0.1, 0.15) is 4.90 Å². The Morgan fingerprint density at radius 1 is 1.35 bits per heavy atom. The van der Waals surface area contributed by atoms with E-state index in [9.17, 15) is 8.42 Å². The fraction of sp³-hybridized carbons (Fsp3) is 0.455. The lowest BCUT2D eigenvalue weighted by Gasteiger charge is -2.10. The van der Waals surface area contributed by atoms with E-state index in [2.05, 4.69) is 0 Å². The molecule has 1 aromatic carbocycles. The number of sulfone groups is 1. The maximum absolute atomic E-state index is 11.8. The first-order valence-corrected chi connectivity index (χ1v) is 7.25. The molecule has 17 heavy (non-hydrogen) atoms. The predicted octanol–water partition coefficient (Wildman–Crippen LogP) is 0.710. The summed E-state index contributed by atoms with van der Waals surface area (Å²) in [6.07, 6.45) is 2.54. The fourth-order valence-corrected chi connectivity index (χ4v) is 3.03. The molecule has 0 fully saturated rings. The van der Waals surface area contributed by atoms with Crippen molar-refractivity contribution in [1.82, 2.24) is 0 Å². The Labute approximate surface area is 100 Å². The summed E-state index contributed by atoms with van der Waals surface area (Å²) in [6.45, 7) is 0.593. The monoisotopic (exact) mass is 257 g/mol. The first kappa shape index (κ1) is 12.2. The molecule has 6 heteroatoms. The van der Waals surface area contributed by atoms with E-state index in [4.69, 9.17) is 15.2 Å². The van der Waals surface area contributed by atoms with Crippen molar-refractivity contribution in [2.45, 2.75) is 17.7 Å². The van der Waals surface area contributed by atoms with E-state index >= 15 is 0 Å². The maximum atomic E-state index is 11.8. The van der Waals surface area contributed by atoms with Gasteiger partial charge in [0.15, 0.2) is 21.3 Å². The largest absolute Gasteiger partial charge is 0.454 e. The SMILES string of the molecule is CS(=O)(=O)c1c(CCCN)ccc2c1OCO2. The summed E-state index contributed by atoms with van der Waals surface area (Å²) in [5.74, 6) is 0.823. The lowest BCUT2D eigenvalue weighted by Crippen LogP contribution is -2.07. The summed E-state index contributed by atoms with van der Waals surface area (Å²) in [5, 5.41) is 0. The Morgan fingerprint density at radius 3 is 2.76 bits per heavy atom. The van der Waals surface area contributed by atoms with Crippen LogP contribution in [0.15, 0.2) is 17.0 Å². The summed E-state index contributed by atoms with van der Waals surface area (Å²) < 4.78 is 34.0. The Kier molecular flexibility index (Phi) is 3.26. The van der Waals surface area contributed by atoms with Crippen LogP contribution in [0.4, 0.5) is 0 Å². The summed E-state index contributed by atoms with van der Waals surface area (Å²) in [6, 6.07) is 3.50. The van der Waals surface area contributed by atoms with Crippen molar-refractivity contribution in [2.75, 3.05) is 19.6 Å². The summed E-state index contributed by atoms with van der Waals surface area (Å²) in [5.41, 5.74) is 6.18. The molecule has 0 bridgehead atoms. The first-order valence-electron chi connectivity index (χ1n) is 5.35. The van der Waals surface area contributed by atoms with E-state index in [0.29, 0.717) is 24.5 Å². The van der Waals surface area contributed by atoms with Crippen LogP contribution in [-0.2, 0) is 16.3 Å². The van der Waals surface area contributed by atoms with E-state index in [0.717, 1.165) is 12.0 Å². The van der Waals surface area contributed by atoms with E-state index in [1.165, 1.54) is 6.26 Å². The Morgan fingerprint density at radius 2 is 2.12 bits per heavy atom. The van der Waals surface area contributed by atoms with Crippen LogP contribution in [-0.4, -0.2) is 28.0 Å². The molecule has 0 atom stereocenters. The van der Waals surface area contributed by atoms with E-state index in [1.807, 2.05) is 0 Å². The summed E-state index contributed by atoms with van der Waals surface area (Å²) in [4.78, 5) is 0.237. The van der Waals surface area contributed by atoms with Crippen molar-refractivity contribution >= 4 is 9.84 Å². The molecule has 5 nitrogen and oxygen atoms in total. The van der Waals surface area contributed by atoms with Gasteiger partial charge in [0, 0.05) is 6.26 Å². The fourth-order valence-electron chi connectivity index (χ4n) is 1.88. The zero-order valence-electron chi connectivity index (χ0n) is 9.60. The van der Waals surface area contributed by atoms with Crippen LogP contribution < -0.4 is 15.2 Å². The topological polar surface area (TPSA) is 78.6 Å². The van der Waals surface area contributed by atoms with Crippen molar-refractivity contribution in [2.24, 2.45) is 5.73 Å². The minimum absolute atomic E-state index is 0.0677. The highest BCUT2D eigenvalue weighted by Gasteiger charge is 2.26. The number of rotatable bonds is 4. The van der Waals surface area contributed by atoms with Crippen LogP contribution in [0.3, 0.4) is 0 Å². The van der Waals surface area contributed by atoms with Crippen LogP contribution in [0, 0.1) is 0 Å². The molecule has 0 saturated carbocycles. The molecule has 1 aliphatic rings.